The Morgan fingerprint density at radius 1 is 1.38 bits per heavy atom. The Hall–Kier alpha value is -1.14. The fraction of sp³-hybridized carbons (Fsp3) is 0.733. The summed E-state index contributed by atoms with van der Waals surface area (Å²) < 4.78 is 0. The average Bonchev–Trinajstić information content (AvgIpc) is 3.18. The number of hydrogen-bond donors (Lipinski definition) is 2. The van der Waals surface area contributed by atoms with Crippen LogP contribution in [0.5, 0.6) is 0 Å². The second-order valence-corrected chi connectivity index (χ2v) is 7.20. The van der Waals surface area contributed by atoms with Gasteiger partial charge in [0.05, 0.1) is 17.2 Å². The van der Waals surface area contributed by atoms with Crippen LogP contribution in [-0.2, 0) is 6.54 Å². The van der Waals surface area contributed by atoms with Crippen LogP contribution in [0.4, 0.5) is 4.79 Å². The van der Waals surface area contributed by atoms with E-state index in [4.69, 9.17) is 0 Å². The Kier molecular flexibility index (Phi) is 5.58. The second kappa shape index (κ2) is 7.22. The van der Waals surface area contributed by atoms with Crippen molar-refractivity contribution >= 4 is 17.4 Å². The lowest BCUT2D eigenvalue weighted by Crippen LogP contribution is -2.42. The van der Waals surface area contributed by atoms with Crippen LogP contribution in [0.3, 0.4) is 0 Å². The van der Waals surface area contributed by atoms with E-state index in [1.807, 2.05) is 13.8 Å². The summed E-state index contributed by atoms with van der Waals surface area (Å²) >= 11 is 1.64. The van der Waals surface area contributed by atoms with Gasteiger partial charge in [-0.2, -0.15) is 0 Å². The van der Waals surface area contributed by atoms with Crippen molar-refractivity contribution in [2.24, 2.45) is 0 Å². The third kappa shape index (κ3) is 4.97. The molecular formula is C15H26N4OS. The van der Waals surface area contributed by atoms with E-state index in [1.54, 1.807) is 11.3 Å². The molecule has 0 aliphatic heterocycles. The van der Waals surface area contributed by atoms with Crippen molar-refractivity contribution in [2.75, 3.05) is 13.1 Å². The van der Waals surface area contributed by atoms with Crippen molar-refractivity contribution in [1.29, 1.82) is 0 Å². The highest BCUT2D eigenvalue weighted by molar-refractivity contribution is 7.11. The van der Waals surface area contributed by atoms with Crippen LogP contribution in [0.2, 0.25) is 0 Å². The predicted octanol–water partition coefficient (Wildman–Crippen LogP) is 2.43. The lowest BCUT2D eigenvalue weighted by Gasteiger charge is -2.26. The predicted molar refractivity (Wildman–Crippen MR) is 86.7 cm³/mol. The maximum Gasteiger partial charge on any atom is 0.315 e. The molecule has 0 spiro atoms. The molecule has 0 saturated heterocycles. The molecule has 1 saturated carbocycles. The van der Waals surface area contributed by atoms with E-state index in [0.29, 0.717) is 19.1 Å². The minimum atomic E-state index is -0.0973. The van der Waals surface area contributed by atoms with Crippen LogP contribution in [0.1, 0.15) is 42.3 Å². The lowest BCUT2D eigenvalue weighted by atomic mass is 10.3. The molecule has 0 unspecified atom stereocenters. The Labute approximate surface area is 131 Å². The number of rotatable bonds is 7. The normalized spacial score (nSPS) is 14.8. The van der Waals surface area contributed by atoms with Gasteiger partial charge in [-0.05, 0) is 40.5 Å². The zero-order valence-corrected chi connectivity index (χ0v) is 14.2. The minimum Gasteiger partial charge on any atom is -0.337 e. The Morgan fingerprint density at radius 2 is 2.10 bits per heavy atom. The molecule has 1 aliphatic carbocycles. The summed E-state index contributed by atoms with van der Waals surface area (Å²) in [6.45, 7) is 10.6. The summed E-state index contributed by atoms with van der Waals surface area (Å²) in [5, 5.41) is 6.89. The first kappa shape index (κ1) is 16.2. The molecule has 0 aromatic carbocycles. The Bertz CT molecular complexity index is 480. The van der Waals surface area contributed by atoms with Gasteiger partial charge in [-0.1, -0.05) is 0 Å². The number of nitrogens with one attached hydrogen (secondary N) is 2. The number of thiazole rings is 1. The molecule has 118 valence electrons. The van der Waals surface area contributed by atoms with Crippen molar-refractivity contribution < 1.29 is 4.79 Å². The van der Waals surface area contributed by atoms with E-state index in [2.05, 4.69) is 34.4 Å². The number of hydrogen-bond acceptors (Lipinski definition) is 4. The van der Waals surface area contributed by atoms with Crippen LogP contribution in [0.15, 0.2) is 0 Å². The lowest BCUT2D eigenvalue weighted by molar-refractivity contribution is 0.207. The summed E-state index contributed by atoms with van der Waals surface area (Å²) in [6.07, 6.45) is 2.60. The molecular weight excluding hydrogens is 284 g/mol. The monoisotopic (exact) mass is 310 g/mol. The van der Waals surface area contributed by atoms with Crippen molar-refractivity contribution in [3.63, 3.8) is 0 Å². The first-order chi connectivity index (χ1) is 9.97. The van der Waals surface area contributed by atoms with Gasteiger partial charge < -0.3 is 10.6 Å². The molecule has 5 nitrogen and oxygen atoms in total. The van der Waals surface area contributed by atoms with Gasteiger partial charge in [0.25, 0.3) is 0 Å². The van der Waals surface area contributed by atoms with Gasteiger partial charge in [0.15, 0.2) is 0 Å². The third-order valence-corrected chi connectivity index (χ3v) is 4.82. The van der Waals surface area contributed by atoms with Gasteiger partial charge in [0.1, 0.15) is 0 Å². The standard InChI is InChI=1S/C15H26N4OS/c1-10(2)19(13-5-6-13)8-7-16-15(20)17-9-14-11(3)18-12(4)21-14/h10,13H,5-9H2,1-4H3,(H2,16,17,20). The largest absolute Gasteiger partial charge is 0.337 e. The zero-order valence-electron chi connectivity index (χ0n) is 13.4. The van der Waals surface area contributed by atoms with E-state index >= 15 is 0 Å². The summed E-state index contributed by atoms with van der Waals surface area (Å²) in [5.74, 6) is 0. The quantitative estimate of drug-likeness (QED) is 0.813. The highest BCUT2D eigenvalue weighted by Crippen LogP contribution is 2.27. The van der Waals surface area contributed by atoms with Crippen LogP contribution in [-0.4, -0.2) is 41.1 Å². The van der Waals surface area contributed by atoms with Crippen molar-refractivity contribution in [3.8, 4) is 0 Å². The maximum atomic E-state index is 11.8. The van der Waals surface area contributed by atoms with E-state index < -0.39 is 0 Å². The number of aromatic nitrogens is 1. The number of carbonyl (C=O) groups is 1. The van der Waals surface area contributed by atoms with E-state index in [9.17, 15) is 4.79 Å². The van der Waals surface area contributed by atoms with Gasteiger partial charge in [0.2, 0.25) is 0 Å². The first-order valence-corrected chi connectivity index (χ1v) is 8.49. The van der Waals surface area contributed by atoms with Gasteiger partial charge in [-0.3, -0.25) is 4.90 Å². The average molecular weight is 310 g/mol. The Balaban J connectivity index is 1.66. The highest BCUT2D eigenvalue weighted by Gasteiger charge is 2.30. The van der Waals surface area contributed by atoms with Gasteiger partial charge >= 0.3 is 6.03 Å². The van der Waals surface area contributed by atoms with Crippen LogP contribution < -0.4 is 10.6 Å². The number of aryl methyl sites for hydroxylation is 2. The molecule has 2 rings (SSSR count). The summed E-state index contributed by atoms with van der Waals surface area (Å²) in [4.78, 5) is 19.8. The molecule has 1 fully saturated rings. The van der Waals surface area contributed by atoms with Crippen LogP contribution in [0.25, 0.3) is 0 Å². The summed E-state index contributed by atoms with van der Waals surface area (Å²) in [6, 6.07) is 1.18. The molecule has 6 heteroatoms. The molecule has 2 N–H and O–H groups in total. The zero-order chi connectivity index (χ0) is 15.4. The summed E-state index contributed by atoms with van der Waals surface area (Å²) in [5.41, 5.74) is 1.01. The highest BCUT2D eigenvalue weighted by atomic mass is 32.1. The molecule has 1 heterocycles. The smallest absolute Gasteiger partial charge is 0.315 e. The molecule has 2 amide bonds. The topological polar surface area (TPSA) is 57.3 Å². The number of urea groups is 1. The molecule has 1 aromatic heterocycles. The number of nitrogens with zero attached hydrogens (tertiary/aromatic N) is 2. The van der Waals surface area contributed by atoms with Gasteiger partial charge in [0, 0.05) is 30.1 Å². The van der Waals surface area contributed by atoms with Crippen molar-refractivity contribution in [1.82, 2.24) is 20.5 Å². The fourth-order valence-corrected chi connectivity index (χ4v) is 3.40. The van der Waals surface area contributed by atoms with Crippen LogP contribution >= 0.6 is 11.3 Å². The second-order valence-electron chi connectivity index (χ2n) is 5.91. The fourth-order valence-electron chi connectivity index (χ4n) is 2.53. The third-order valence-electron chi connectivity index (χ3n) is 3.74. The van der Waals surface area contributed by atoms with E-state index in [-0.39, 0.29) is 6.03 Å². The molecule has 0 radical (unpaired) electrons. The van der Waals surface area contributed by atoms with Gasteiger partial charge in [-0.15, -0.1) is 11.3 Å². The van der Waals surface area contributed by atoms with Crippen molar-refractivity contribution in [2.45, 2.75) is 59.2 Å². The Morgan fingerprint density at radius 3 is 2.62 bits per heavy atom. The van der Waals surface area contributed by atoms with Gasteiger partial charge in [-0.25, -0.2) is 9.78 Å². The van der Waals surface area contributed by atoms with E-state index in [1.165, 1.54) is 12.8 Å². The molecule has 0 bridgehead atoms. The van der Waals surface area contributed by atoms with Crippen molar-refractivity contribution in [3.05, 3.63) is 15.6 Å². The molecule has 1 aromatic rings. The minimum absolute atomic E-state index is 0.0973. The SMILES string of the molecule is Cc1nc(C)c(CNC(=O)NCCN(C(C)C)C2CC2)s1. The number of amides is 2. The van der Waals surface area contributed by atoms with Crippen LogP contribution in [0, 0.1) is 13.8 Å². The summed E-state index contributed by atoms with van der Waals surface area (Å²) in [7, 11) is 0. The van der Waals surface area contributed by atoms with E-state index in [0.717, 1.165) is 28.2 Å². The molecule has 1 aliphatic rings. The molecule has 21 heavy (non-hydrogen) atoms. The maximum absolute atomic E-state index is 11.8. The molecule has 0 atom stereocenters. The number of carbonyl (C=O) groups excluding carboxylic acids is 1. The first-order valence-electron chi connectivity index (χ1n) is 7.67.